The highest BCUT2D eigenvalue weighted by molar-refractivity contribution is 5.98. The summed E-state index contributed by atoms with van der Waals surface area (Å²) in [5, 5.41) is 1.17. The summed E-state index contributed by atoms with van der Waals surface area (Å²) in [5.41, 5.74) is 14.7. The lowest BCUT2D eigenvalue weighted by Gasteiger charge is -2.04. The molecule has 0 fully saturated rings. The topological polar surface area (TPSA) is 69.9 Å². The van der Waals surface area contributed by atoms with Crippen molar-refractivity contribution in [1.82, 2.24) is 9.55 Å². The number of aryl methyl sites for hydroxylation is 1. The quantitative estimate of drug-likeness (QED) is 0.684. The molecule has 2 heterocycles. The van der Waals surface area contributed by atoms with Crippen LogP contribution in [0.5, 0.6) is 0 Å². The summed E-state index contributed by atoms with van der Waals surface area (Å²) in [6, 6.07) is 11.9. The Kier molecular flexibility index (Phi) is 2.23. The third-order valence-electron chi connectivity index (χ3n) is 3.13. The molecule has 0 aliphatic carbocycles. The molecule has 0 saturated heterocycles. The number of anilines is 2. The first kappa shape index (κ1) is 10.7. The van der Waals surface area contributed by atoms with Crippen molar-refractivity contribution >= 4 is 22.5 Å². The number of nitrogen functional groups attached to an aromatic ring is 2. The molecule has 0 aliphatic heterocycles. The Bertz CT molecular complexity index is 728. The second-order valence-electron chi connectivity index (χ2n) is 4.34. The van der Waals surface area contributed by atoms with Gasteiger partial charge in [0.05, 0.1) is 0 Å². The number of rotatable bonds is 1. The third kappa shape index (κ3) is 1.50. The standard InChI is InChI=1S/C14H14N4/c1-18-8-11(9-4-2-3-5-12(9)18)10-6-7-13(15)17-14(10)16/h2-8H,1H3,(H4,15,16,17). The normalized spacial score (nSPS) is 10.9. The number of para-hydroxylation sites is 1. The molecule has 0 spiro atoms. The second-order valence-corrected chi connectivity index (χ2v) is 4.34. The van der Waals surface area contributed by atoms with Gasteiger partial charge in [0.1, 0.15) is 11.6 Å². The van der Waals surface area contributed by atoms with Gasteiger partial charge < -0.3 is 16.0 Å². The number of hydrogen-bond donors (Lipinski definition) is 2. The Morgan fingerprint density at radius 2 is 1.78 bits per heavy atom. The zero-order valence-corrected chi connectivity index (χ0v) is 10.1. The number of fused-ring (bicyclic) bond motifs is 1. The van der Waals surface area contributed by atoms with E-state index in [1.807, 2.05) is 25.2 Å². The van der Waals surface area contributed by atoms with E-state index in [1.54, 1.807) is 6.07 Å². The van der Waals surface area contributed by atoms with E-state index in [0.717, 1.165) is 11.1 Å². The molecule has 18 heavy (non-hydrogen) atoms. The van der Waals surface area contributed by atoms with E-state index in [-0.39, 0.29) is 0 Å². The summed E-state index contributed by atoms with van der Waals surface area (Å²) in [6.45, 7) is 0. The van der Waals surface area contributed by atoms with Gasteiger partial charge in [-0.1, -0.05) is 18.2 Å². The molecule has 90 valence electrons. The molecule has 4 heteroatoms. The molecule has 3 aromatic rings. The van der Waals surface area contributed by atoms with Gasteiger partial charge in [-0.15, -0.1) is 0 Å². The molecule has 0 radical (unpaired) electrons. The van der Waals surface area contributed by atoms with Crippen LogP contribution in [0.25, 0.3) is 22.0 Å². The summed E-state index contributed by atoms with van der Waals surface area (Å²) in [6.07, 6.45) is 2.06. The van der Waals surface area contributed by atoms with Gasteiger partial charge in [-0.3, -0.25) is 0 Å². The largest absolute Gasteiger partial charge is 0.384 e. The molecule has 1 aromatic carbocycles. The van der Waals surface area contributed by atoms with Crippen molar-refractivity contribution in [3.63, 3.8) is 0 Å². The fraction of sp³-hybridized carbons (Fsp3) is 0.0714. The predicted octanol–water partition coefficient (Wildman–Crippen LogP) is 2.40. The fourth-order valence-corrected chi connectivity index (χ4v) is 2.27. The van der Waals surface area contributed by atoms with Crippen molar-refractivity contribution in [2.45, 2.75) is 0 Å². The van der Waals surface area contributed by atoms with Gasteiger partial charge in [0.15, 0.2) is 0 Å². The Labute approximate surface area is 105 Å². The van der Waals surface area contributed by atoms with E-state index >= 15 is 0 Å². The monoisotopic (exact) mass is 238 g/mol. The van der Waals surface area contributed by atoms with Crippen LogP contribution in [0.1, 0.15) is 0 Å². The highest BCUT2D eigenvalue weighted by Gasteiger charge is 2.11. The zero-order valence-electron chi connectivity index (χ0n) is 10.1. The maximum atomic E-state index is 5.95. The first-order valence-corrected chi connectivity index (χ1v) is 5.73. The highest BCUT2D eigenvalue weighted by atomic mass is 14.9. The van der Waals surface area contributed by atoms with Crippen LogP contribution in [0.3, 0.4) is 0 Å². The van der Waals surface area contributed by atoms with E-state index in [9.17, 15) is 0 Å². The Morgan fingerprint density at radius 1 is 1.00 bits per heavy atom. The van der Waals surface area contributed by atoms with Gasteiger partial charge in [-0.25, -0.2) is 4.98 Å². The van der Waals surface area contributed by atoms with Gasteiger partial charge in [0.25, 0.3) is 0 Å². The number of benzene rings is 1. The van der Waals surface area contributed by atoms with Crippen LogP contribution in [-0.2, 0) is 7.05 Å². The van der Waals surface area contributed by atoms with Gasteiger partial charge in [0.2, 0.25) is 0 Å². The summed E-state index contributed by atoms with van der Waals surface area (Å²) in [7, 11) is 2.02. The van der Waals surface area contributed by atoms with Crippen molar-refractivity contribution < 1.29 is 0 Å². The SMILES string of the molecule is Cn1cc(-c2ccc(N)nc2N)c2ccccc21. The molecule has 0 atom stereocenters. The number of hydrogen-bond acceptors (Lipinski definition) is 3. The number of nitrogens with two attached hydrogens (primary N) is 2. The molecule has 0 bridgehead atoms. The summed E-state index contributed by atoms with van der Waals surface area (Å²) in [5.74, 6) is 0.905. The molecule has 0 aliphatic rings. The van der Waals surface area contributed by atoms with E-state index in [2.05, 4.69) is 27.9 Å². The first-order chi connectivity index (χ1) is 8.66. The van der Waals surface area contributed by atoms with Crippen LogP contribution < -0.4 is 11.5 Å². The summed E-state index contributed by atoms with van der Waals surface area (Å²) in [4.78, 5) is 4.11. The third-order valence-corrected chi connectivity index (χ3v) is 3.13. The van der Waals surface area contributed by atoms with E-state index in [1.165, 1.54) is 10.9 Å². The first-order valence-electron chi connectivity index (χ1n) is 5.73. The Morgan fingerprint density at radius 3 is 2.56 bits per heavy atom. The van der Waals surface area contributed by atoms with E-state index in [4.69, 9.17) is 11.5 Å². The Hall–Kier alpha value is -2.49. The van der Waals surface area contributed by atoms with Crippen molar-refractivity contribution in [3.8, 4) is 11.1 Å². The molecule has 3 rings (SSSR count). The number of aromatic nitrogens is 2. The predicted molar refractivity (Wildman–Crippen MR) is 75.0 cm³/mol. The molecule has 2 aromatic heterocycles. The van der Waals surface area contributed by atoms with E-state index in [0.29, 0.717) is 11.6 Å². The molecule has 0 saturated carbocycles. The molecule has 0 unspecified atom stereocenters. The van der Waals surface area contributed by atoms with Crippen molar-refractivity contribution in [3.05, 3.63) is 42.6 Å². The lowest BCUT2D eigenvalue weighted by Crippen LogP contribution is -1.97. The molecule has 0 amide bonds. The average molecular weight is 238 g/mol. The second kappa shape index (κ2) is 3.77. The van der Waals surface area contributed by atoms with Crippen LogP contribution >= 0.6 is 0 Å². The molecular formula is C14H14N4. The van der Waals surface area contributed by atoms with Crippen LogP contribution in [0.2, 0.25) is 0 Å². The number of nitrogens with zero attached hydrogens (tertiary/aromatic N) is 2. The van der Waals surface area contributed by atoms with Crippen LogP contribution in [0, 0.1) is 0 Å². The lowest BCUT2D eigenvalue weighted by molar-refractivity contribution is 0.970. The molecule has 4 N–H and O–H groups in total. The van der Waals surface area contributed by atoms with Crippen molar-refractivity contribution in [2.75, 3.05) is 11.5 Å². The molecule has 4 nitrogen and oxygen atoms in total. The maximum Gasteiger partial charge on any atom is 0.133 e. The van der Waals surface area contributed by atoms with Crippen LogP contribution in [0.15, 0.2) is 42.6 Å². The molecular weight excluding hydrogens is 224 g/mol. The van der Waals surface area contributed by atoms with Gasteiger partial charge in [-0.05, 0) is 18.2 Å². The number of pyridine rings is 1. The summed E-state index contributed by atoms with van der Waals surface area (Å²) >= 11 is 0. The highest BCUT2D eigenvalue weighted by Crippen LogP contribution is 2.33. The Balaban J connectivity index is 2.32. The van der Waals surface area contributed by atoms with E-state index < -0.39 is 0 Å². The van der Waals surface area contributed by atoms with Gasteiger partial charge >= 0.3 is 0 Å². The zero-order chi connectivity index (χ0) is 12.7. The van der Waals surface area contributed by atoms with Crippen molar-refractivity contribution in [1.29, 1.82) is 0 Å². The smallest absolute Gasteiger partial charge is 0.133 e. The van der Waals surface area contributed by atoms with Crippen LogP contribution in [-0.4, -0.2) is 9.55 Å². The van der Waals surface area contributed by atoms with Gasteiger partial charge in [-0.2, -0.15) is 0 Å². The maximum absolute atomic E-state index is 5.95. The van der Waals surface area contributed by atoms with Crippen LogP contribution in [0.4, 0.5) is 11.6 Å². The minimum absolute atomic E-state index is 0.441. The average Bonchev–Trinajstić information content (AvgIpc) is 2.68. The van der Waals surface area contributed by atoms with Gasteiger partial charge in [0, 0.05) is 35.3 Å². The fourth-order valence-electron chi connectivity index (χ4n) is 2.27. The minimum atomic E-state index is 0.441. The summed E-state index contributed by atoms with van der Waals surface area (Å²) < 4.78 is 2.08. The minimum Gasteiger partial charge on any atom is -0.384 e. The van der Waals surface area contributed by atoms with Crippen molar-refractivity contribution in [2.24, 2.45) is 7.05 Å². The lowest BCUT2D eigenvalue weighted by atomic mass is 10.1.